The molecular formula is C15H13BrN4O. The van der Waals surface area contributed by atoms with Crippen LogP contribution >= 0.6 is 15.9 Å². The van der Waals surface area contributed by atoms with Crippen molar-refractivity contribution < 1.29 is 5.11 Å². The first-order valence-corrected chi connectivity index (χ1v) is 7.27. The molecule has 5 nitrogen and oxygen atoms in total. The van der Waals surface area contributed by atoms with Crippen LogP contribution in [0.1, 0.15) is 17.4 Å². The third kappa shape index (κ3) is 3.34. The maximum absolute atomic E-state index is 10.3. The predicted octanol–water partition coefficient (Wildman–Crippen LogP) is 2.70. The molecule has 1 aromatic carbocycles. The lowest BCUT2D eigenvalue weighted by atomic mass is 10.1. The zero-order valence-electron chi connectivity index (χ0n) is 11.1. The fourth-order valence-corrected chi connectivity index (χ4v) is 2.42. The number of hydrogen-bond acceptors (Lipinski definition) is 4. The Bertz CT molecular complexity index is 729. The van der Waals surface area contributed by atoms with Gasteiger partial charge in [0, 0.05) is 23.3 Å². The summed E-state index contributed by atoms with van der Waals surface area (Å²) in [6, 6.07) is 11.5. The topological polar surface area (TPSA) is 63.8 Å². The highest BCUT2D eigenvalue weighted by Gasteiger charge is 2.13. The summed E-state index contributed by atoms with van der Waals surface area (Å²) in [6.07, 6.45) is 4.76. The van der Waals surface area contributed by atoms with Gasteiger partial charge in [-0.25, -0.2) is 0 Å². The summed E-state index contributed by atoms with van der Waals surface area (Å²) >= 11 is 3.37. The molecule has 106 valence electrons. The van der Waals surface area contributed by atoms with E-state index in [9.17, 15) is 5.11 Å². The Morgan fingerprint density at radius 3 is 2.71 bits per heavy atom. The van der Waals surface area contributed by atoms with Crippen LogP contribution in [0.15, 0.2) is 59.5 Å². The van der Waals surface area contributed by atoms with Gasteiger partial charge in [-0.3, -0.25) is 4.98 Å². The van der Waals surface area contributed by atoms with Gasteiger partial charge < -0.3 is 5.11 Å². The molecule has 0 aliphatic carbocycles. The van der Waals surface area contributed by atoms with Crippen LogP contribution < -0.4 is 0 Å². The van der Waals surface area contributed by atoms with Crippen molar-refractivity contribution >= 4 is 15.9 Å². The van der Waals surface area contributed by atoms with Crippen molar-refractivity contribution in [1.82, 2.24) is 20.0 Å². The summed E-state index contributed by atoms with van der Waals surface area (Å²) in [5.41, 5.74) is 2.34. The van der Waals surface area contributed by atoms with Gasteiger partial charge in [0.1, 0.15) is 11.8 Å². The van der Waals surface area contributed by atoms with Crippen molar-refractivity contribution in [3.63, 3.8) is 0 Å². The van der Waals surface area contributed by atoms with Crippen LogP contribution in [-0.4, -0.2) is 25.1 Å². The van der Waals surface area contributed by atoms with E-state index >= 15 is 0 Å². The molecule has 0 bridgehead atoms. The summed E-state index contributed by atoms with van der Waals surface area (Å²) in [4.78, 5) is 5.60. The van der Waals surface area contributed by atoms with E-state index in [1.54, 1.807) is 18.6 Å². The lowest BCUT2D eigenvalue weighted by Gasteiger charge is -2.07. The van der Waals surface area contributed by atoms with Crippen LogP contribution in [0.4, 0.5) is 0 Å². The predicted molar refractivity (Wildman–Crippen MR) is 82.0 cm³/mol. The normalized spacial score (nSPS) is 12.3. The number of hydrogen-bond donors (Lipinski definition) is 1. The van der Waals surface area contributed by atoms with Crippen molar-refractivity contribution in [3.05, 3.63) is 70.7 Å². The summed E-state index contributed by atoms with van der Waals surface area (Å²) in [7, 11) is 0. The van der Waals surface area contributed by atoms with E-state index in [0.717, 1.165) is 15.7 Å². The van der Waals surface area contributed by atoms with Gasteiger partial charge in [0.2, 0.25) is 0 Å². The van der Waals surface area contributed by atoms with Gasteiger partial charge in [-0.2, -0.15) is 15.0 Å². The van der Waals surface area contributed by atoms with E-state index in [2.05, 4.69) is 31.1 Å². The maximum Gasteiger partial charge on any atom is 0.112 e. The van der Waals surface area contributed by atoms with E-state index in [4.69, 9.17) is 0 Å². The molecule has 3 rings (SSSR count). The van der Waals surface area contributed by atoms with Crippen LogP contribution in [0, 0.1) is 0 Å². The van der Waals surface area contributed by atoms with Gasteiger partial charge in [-0.1, -0.05) is 18.2 Å². The highest BCUT2D eigenvalue weighted by Crippen LogP contribution is 2.18. The number of nitrogens with zero attached hydrogens (tertiary/aromatic N) is 4. The average molecular weight is 345 g/mol. The Labute approximate surface area is 130 Å². The van der Waals surface area contributed by atoms with E-state index in [1.807, 2.05) is 36.4 Å². The van der Waals surface area contributed by atoms with Crippen LogP contribution in [0.5, 0.6) is 0 Å². The molecule has 0 fully saturated rings. The van der Waals surface area contributed by atoms with Crippen LogP contribution in [0.2, 0.25) is 0 Å². The second-order valence-electron chi connectivity index (χ2n) is 4.63. The molecule has 21 heavy (non-hydrogen) atoms. The molecule has 0 spiro atoms. The van der Waals surface area contributed by atoms with Gasteiger partial charge in [-0.05, 0) is 39.7 Å². The van der Waals surface area contributed by atoms with Crippen LogP contribution in [0.25, 0.3) is 5.69 Å². The van der Waals surface area contributed by atoms with Gasteiger partial charge in [-0.15, -0.1) is 0 Å². The van der Waals surface area contributed by atoms with E-state index < -0.39 is 6.10 Å². The summed E-state index contributed by atoms with van der Waals surface area (Å²) in [5, 5.41) is 18.8. The van der Waals surface area contributed by atoms with Crippen LogP contribution in [-0.2, 0) is 6.42 Å². The summed E-state index contributed by atoms with van der Waals surface area (Å²) in [6.45, 7) is 0. The number of rotatable bonds is 4. The quantitative estimate of drug-likeness (QED) is 0.790. The Morgan fingerprint density at radius 2 is 1.95 bits per heavy atom. The lowest BCUT2D eigenvalue weighted by molar-refractivity contribution is 0.173. The average Bonchev–Trinajstić information content (AvgIpc) is 2.98. The first-order valence-electron chi connectivity index (χ1n) is 6.47. The highest BCUT2D eigenvalue weighted by atomic mass is 79.9. The monoisotopic (exact) mass is 344 g/mol. The van der Waals surface area contributed by atoms with Crippen molar-refractivity contribution in [2.24, 2.45) is 0 Å². The van der Waals surface area contributed by atoms with E-state index in [-0.39, 0.29) is 0 Å². The highest BCUT2D eigenvalue weighted by molar-refractivity contribution is 9.10. The van der Waals surface area contributed by atoms with Crippen LogP contribution in [0.3, 0.4) is 0 Å². The zero-order valence-corrected chi connectivity index (χ0v) is 12.7. The molecule has 0 amide bonds. The van der Waals surface area contributed by atoms with Crippen molar-refractivity contribution in [3.8, 4) is 5.69 Å². The molecule has 0 aliphatic heterocycles. The minimum absolute atomic E-state index is 0.444. The van der Waals surface area contributed by atoms with Gasteiger partial charge in [0.15, 0.2) is 0 Å². The Hall–Kier alpha value is -2.05. The number of aromatic nitrogens is 4. The molecule has 0 saturated heterocycles. The Balaban J connectivity index is 1.77. The summed E-state index contributed by atoms with van der Waals surface area (Å²) < 4.78 is 0.889. The number of aliphatic hydroxyl groups is 1. The number of halogens is 1. The smallest absolute Gasteiger partial charge is 0.112 e. The minimum atomic E-state index is -0.710. The number of benzene rings is 1. The SMILES string of the molecule is OC(Cc1cncc(Br)c1)c1cnn(-c2ccccc2)n1. The van der Waals surface area contributed by atoms with Crippen molar-refractivity contribution in [2.45, 2.75) is 12.5 Å². The fourth-order valence-electron chi connectivity index (χ4n) is 2.01. The zero-order chi connectivity index (χ0) is 14.7. The van der Waals surface area contributed by atoms with E-state index in [0.29, 0.717) is 12.1 Å². The molecule has 0 aliphatic rings. The fraction of sp³-hybridized carbons (Fsp3) is 0.133. The van der Waals surface area contributed by atoms with Crippen molar-refractivity contribution in [1.29, 1.82) is 0 Å². The largest absolute Gasteiger partial charge is 0.386 e. The molecule has 1 atom stereocenters. The summed E-state index contributed by atoms with van der Waals surface area (Å²) in [5.74, 6) is 0. The molecule has 1 N–H and O–H groups in total. The standard InChI is InChI=1S/C15H13BrN4O/c16-12-6-11(8-17-9-12)7-15(21)14-10-18-20(19-14)13-4-2-1-3-5-13/h1-6,8-10,15,21H,7H2. The molecule has 3 aromatic rings. The molecule has 6 heteroatoms. The second-order valence-corrected chi connectivity index (χ2v) is 5.54. The number of pyridine rings is 1. The molecule has 1 unspecified atom stereocenters. The first-order chi connectivity index (χ1) is 10.2. The molecule has 2 aromatic heterocycles. The minimum Gasteiger partial charge on any atom is -0.386 e. The van der Waals surface area contributed by atoms with Crippen molar-refractivity contribution in [2.75, 3.05) is 0 Å². The maximum atomic E-state index is 10.3. The Kier molecular flexibility index (Phi) is 4.08. The van der Waals surface area contributed by atoms with Gasteiger partial charge in [0.25, 0.3) is 0 Å². The van der Waals surface area contributed by atoms with Gasteiger partial charge in [0.05, 0.1) is 11.9 Å². The molecule has 0 saturated carbocycles. The second kappa shape index (κ2) is 6.15. The third-order valence-corrected chi connectivity index (χ3v) is 3.46. The number of para-hydroxylation sites is 1. The molecular weight excluding hydrogens is 332 g/mol. The first kappa shape index (κ1) is 13.9. The number of aliphatic hydroxyl groups excluding tert-OH is 1. The Morgan fingerprint density at radius 1 is 1.14 bits per heavy atom. The van der Waals surface area contributed by atoms with Gasteiger partial charge >= 0.3 is 0 Å². The molecule has 2 heterocycles. The third-order valence-electron chi connectivity index (χ3n) is 3.03. The van der Waals surface area contributed by atoms with E-state index in [1.165, 1.54) is 4.80 Å². The lowest BCUT2D eigenvalue weighted by Crippen LogP contribution is -2.05. The molecule has 0 radical (unpaired) electrons.